The van der Waals surface area contributed by atoms with Crippen molar-refractivity contribution in [3.05, 3.63) is 33.8 Å². The predicted molar refractivity (Wildman–Crippen MR) is 74.8 cm³/mol. The molecule has 1 aromatic rings. The second-order valence-electron chi connectivity index (χ2n) is 4.28. The molecule has 0 saturated carbocycles. The van der Waals surface area contributed by atoms with Crippen LogP contribution in [0.15, 0.2) is 22.7 Å². The number of carbonyl (C=O) groups is 2. The van der Waals surface area contributed by atoms with E-state index >= 15 is 0 Å². The van der Waals surface area contributed by atoms with Crippen LogP contribution in [0.2, 0.25) is 0 Å². The van der Waals surface area contributed by atoms with Crippen LogP contribution in [0, 0.1) is 0 Å². The Morgan fingerprint density at radius 2 is 2.26 bits per heavy atom. The molecular weight excluding hydrogens is 310 g/mol. The molecule has 0 aliphatic carbocycles. The number of nitrogens with one attached hydrogen (secondary N) is 1. The molecule has 104 valence electrons. The number of halogens is 1. The third-order valence-corrected chi connectivity index (χ3v) is 3.40. The van der Waals surface area contributed by atoms with E-state index < -0.39 is 5.97 Å². The summed E-state index contributed by atoms with van der Waals surface area (Å²) in [7, 11) is 0. The number of benzene rings is 1. The van der Waals surface area contributed by atoms with Gasteiger partial charge in [0, 0.05) is 22.0 Å². The van der Waals surface area contributed by atoms with Crippen LogP contribution in [-0.2, 0) is 4.79 Å². The van der Waals surface area contributed by atoms with Crippen molar-refractivity contribution in [2.45, 2.75) is 32.2 Å². The molecule has 1 unspecified atom stereocenters. The molecule has 0 heterocycles. The Kier molecular flexibility index (Phi) is 6.73. The summed E-state index contributed by atoms with van der Waals surface area (Å²) in [4.78, 5) is 21.4. The minimum Gasteiger partial charge on any atom is -0.550 e. The van der Waals surface area contributed by atoms with E-state index in [2.05, 4.69) is 21.2 Å². The molecule has 0 aromatic heterocycles. The summed E-state index contributed by atoms with van der Waals surface area (Å²) in [6.45, 7) is 2.61. The van der Waals surface area contributed by atoms with Gasteiger partial charge in [-0.1, -0.05) is 28.9 Å². The van der Waals surface area contributed by atoms with E-state index in [4.69, 9.17) is 0 Å². The minimum atomic E-state index is -1.04. The minimum absolute atomic E-state index is 0.0459. The van der Waals surface area contributed by atoms with E-state index in [1.807, 2.05) is 19.1 Å². The van der Waals surface area contributed by atoms with Crippen molar-refractivity contribution in [1.82, 2.24) is 5.32 Å². The average molecular weight is 327 g/mol. The van der Waals surface area contributed by atoms with Crippen LogP contribution in [0.1, 0.15) is 48.1 Å². The Hall–Kier alpha value is -1.20. The van der Waals surface area contributed by atoms with Gasteiger partial charge in [0.2, 0.25) is 0 Å². The molecule has 0 saturated heterocycles. The maximum atomic E-state index is 11.1. The fourth-order valence-corrected chi connectivity index (χ4v) is 2.33. The normalized spacial score (nSPS) is 12.1. The highest BCUT2D eigenvalue weighted by Crippen LogP contribution is 2.23. The second-order valence-corrected chi connectivity index (χ2v) is 5.20. The third-order valence-electron chi connectivity index (χ3n) is 2.91. The molecule has 19 heavy (non-hydrogen) atoms. The molecule has 0 fully saturated rings. The molecule has 0 radical (unpaired) electrons. The van der Waals surface area contributed by atoms with Gasteiger partial charge in [-0.05, 0) is 43.5 Å². The Morgan fingerprint density at radius 3 is 2.84 bits per heavy atom. The molecular formula is C14H17BrNO3-. The van der Waals surface area contributed by atoms with Gasteiger partial charge in [-0.2, -0.15) is 0 Å². The van der Waals surface area contributed by atoms with Crippen molar-refractivity contribution in [2.24, 2.45) is 0 Å². The van der Waals surface area contributed by atoms with Crippen molar-refractivity contribution in [1.29, 1.82) is 0 Å². The molecule has 4 nitrogen and oxygen atoms in total. The monoisotopic (exact) mass is 326 g/mol. The first-order valence-corrected chi connectivity index (χ1v) is 7.05. The van der Waals surface area contributed by atoms with Gasteiger partial charge in [-0.15, -0.1) is 0 Å². The number of carbonyl (C=O) groups excluding carboxylic acids is 2. The summed E-state index contributed by atoms with van der Waals surface area (Å²) in [5.74, 6) is -1.04. The lowest BCUT2D eigenvalue weighted by atomic mass is 9.99. The lowest BCUT2D eigenvalue weighted by molar-refractivity contribution is -0.305. The molecule has 1 atom stereocenters. The lowest BCUT2D eigenvalue weighted by Gasteiger charge is -2.19. The van der Waals surface area contributed by atoms with Crippen LogP contribution in [0.3, 0.4) is 0 Å². The number of aliphatic carboxylic acids is 1. The number of rotatable bonds is 8. The van der Waals surface area contributed by atoms with Crippen LogP contribution in [-0.4, -0.2) is 18.8 Å². The summed E-state index contributed by atoms with van der Waals surface area (Å²) in [6.07, 6.45) is 2.23. The quantitative estimate of drug-likeness (QED) is 0.584. The van der Waals surface area contributed by atoms with E-state index in [-0.39, 0.29) is 12.5 Å². The Bertz CT molecular complexity index is 448. The molecule has 0 spiro atoms. The van der Waals surface area contributed by atoms with E-state index in [1.165, 1.54) is 0 Å². The summed E-state index contributed by atoms with van der Waals surface area (Å²) in [5.41, 5.74) is 1.59. The van der Waals surface area contributed by atoms with Gasteiger partial charge in [-0.25, -0.2) is 0 Å². The summed E-state index contributed by atoms with van der Waals surface area (Å²) >= 11 is 3.34. The number of hydrogen-bond donors (Lipinski definition) is 1. The van der Waals surface area contributed by atoms with Crippen molar-refractivity contribution in [3.63, 3.8) is 0 Å². The van der Waals surface area contributed by atoms with E-state index in [0.717, 1.165) is 22.7 Å². The second kappa shape index (κ2) is 8.07. The molecule has 0 aliphatic heterocycles. The first kappa shape index (κ1) is 15.9. The molecule has 1 N–H and O–H groups in total. The average Bonchev–Trinajstić information content (AvgIpc) is 2.39. The standard InChI is InChI=1S/C14H18BrNO3/c1-2-13(16-7-3-4-14(18)19)12-6-5-11(15)8-10(12)9-17/h5-6,8-9,13,16H,2-4,7H2,1H3,(H,18,19)/p-1. The Labute approximate surface area is 121 Å². The molecule has 1 aromatic carbocycles. The van der Waals surface area contributed by atoms with Gasteiger partial charge in [0.1, 0.15) is 6.29 Å². The van der Waals surface area contributed by atoms with Crippen LogP contribution in [0.4, 0.5) is 0 Å². The fraction of sp³-hybridized carbons (Fsp3) is 0.429. The zero-order chi connectivity index (χ0) is 14.3. The van der Waals surface area contributed by atoms with Crippen LogP contribution in [0.5, 0.6) is 0 Å². The smallest absolute Gasteiger partial charge is 0.150 e. The Balaban J connectivity index is 2.68. The zero-order valence-electron chi connectivity index (χ0n) is 10.8. The van der Waals surface area contributed by atoms with Crippen LogP contribution >= 0.6 is 15.9 Å². The van der Waals surface area contributed by atoms with Gasteiger partial charge < -0.3 is 15.2 Å². The highest BCUT2D eigenvalue weighted by molar-refractivity contribution is 9.10. The Morgan fingerprint density at radius 1 is 1.53 bits per heavy atom. The summed E-state index contributed by atoms with van der Waals surface area (Å²) < 4.78 is 0.866. The molecule has 0 amide bonds. The molecule has 0 aliphatic rings. The molecule has 1 rings (SSSR count). The van der Waals surface area contributed by atoms with Gasteiger partial charge >= 0.3 is 0 Å². The van der Waals surface area contributed by atoms with Crippen molar-refractivity contribution in [2.75, 3.05) is 6.54 Å². The molecule has 5 heteroatoms. The zero-order valence-corrected chi connectivity index (χ0v) is 12.4. The van der Waals surface area contributed by atoms with Gasteiger partial charge in [0.25, 0.3) is 0 Å². The number of carboxylic acids is 1. The maximum Gasteiger partial charge on any atom is 0.150 e. The van der Waals surface area contributed by atoms with Crippen LogP contribution in [0.25, 0.3) is 0 Å². The molecule has 0 bridgehead atoms. The highest BCUT2D eigenvalue weighted by atomic mass is 79.9. The largest absolute Gasteiger partial charge is 0.550 e. The van der Waals surface area contributed by atoms with E-state index in [9.17, 15) is 14.7 Å². The summed E-state index contributed by atoms with van der Waals surface area (Å²) in [5, 5.41) is 13.6. The van der Waals surface area contributed by atoms with E-state index in [1.54, 1.807) is 6.07 Å². The van der Waals surface area contributed by atoms with Gasteiger partial charge in [0.15, 0.2) is 0 Å². The first-order chi connectivity index (χ1) is 9.08. The maximum absolute atomic E-state index is 11.1. The van der Waals surface area contributed by atoms with Crippen molar-refractivity contribution < 1.29 is 14.7 Å². The van der Waals surface area contributed by atoms with Crippen molar-refractivity contribution in [3.8, 4) is 0 Å². The lowest BCUT2D eigenvalue weighted by Crippen LogP contribution is -2.26. The third kappa shape index (κ3) is 5.12. The number of carboxylic acid groups (broad SMARTS) is 1. The number of aldehydes is 1. The van der Waals surface area contributed by atoms with Gasteiger partial charge in [0.05, 0.1) is 0 Å². The van der Waals surface area contributed by atoms with Crippen molar-refractivity contribution >= 4 is 28.2 Å². The van der Waals surface area contributed by atoms with Gasteiger partial charge in [-0.3, -0.25) is 4.79 Å². The SMILES string of the molecule is CCC(NCCCC(=O)[O-])c1ccc(Br)cc1C=O. The van der Waals surface area contributed by atoms with Crippen LogP contribution < -0.4 is 10.4 Å². The first-order valence-electron chi connectivity index (χ1n) is 6.26. The summed E-state index contributed by atoms with van der Waals surface area (Å²) in [6, 6.07) is 5.64. The topological polar surface area (TPSA) is 69.2 Å². The predicted octanol–water partition coefficient (Wildman–Crippen LogP) is 1.83. The van der Waals surface area contributed by atoms with E-state index in [0.29, 0.717) is 18.5 Å². The fourth-order valence-electron chi connectivity index (χ4n) is 1.95. The highest BCUT2D eigenvalue weighted by Gasteiger charge is 2.12. The number of hydrogen-bond acceptors (Lipinski definition) is 4.